The van der Waals surface area contributed by atoms with E-state index in [-0.39, 0.29) is 18.8 Å². The van der Waals surface area contributed by atoms with Gasteiger partial charge in [-0.3, -0.25) is 4.79 Å². The molecular formula is C12H11FN2O3. The molecule has 0 amide bonds. The number of nitrogens with one attached hydrogen (secondary N) is 1. The standard InChI is InChI=1S/C12H11FN2O3/c13-8-1-2-10(7(3-8)4-14)15-11-6-18-5-9(11)12(16)17/h1-3,9,11,15H,5-6H2,(H,16,17). The number of hydrogen-bond acceptors (Lipinski definition) is 4. The number of ether oxygens (including phenoxy) is 1. The number of hydrogen-bond donors (Lipinski definition) is 2. The van der Waals surface area contributed by atoms with Crippen LogP contribution in [0.25, 0.3) is 0 Å². The van der Waals surface area contributed by atoms with Gasteiger partial charge in [-0.25, -0.2) is 4.39 Å². The molecule has 1 saturated heterocycles. The zero-order valence-electron chi connectivity index (χ0n) is 9.39. The first-order chi connectivity index (χ1) is 8.61. The molecule has 1 aliphatic heterocycles. The van der Waals surface area contributed by atoms with E-state index in [4.69, 9.17) is 15.1 Å². The minimum Gasteiger partial charge on any atom is -0.481 e. The van der Waals surface area contributed by atoms with Crippen LogP contribution in [0.1, 0.15) is 5.56 Å². The van der Waals surface area contributed by atoms with Gasteiger partial charge < -0.3 is 15.2 Å². The Morgan fingerprint density at radius 1 is 1.56 bits per heavy atom. The van der Waals surface area contributed by atoms with E-state index in [2.05, 4.69) is 5.32 Å². The van der Waals surface area contributed by atoms with Gasteiger partial charge in [0.2, 0.25) is 0 Å². The van der Waals surface area contributed by atoms with E-state index in [1.54, 1.807) is 0 Å². The van der Waals surface area contributed by atoms with Crippen LogP contribution in [0.15, 0.2) is 18.2 Å². The van der Waals surface area contributed by atoms with Crippen molar-refractivity contribution in [2.75, 3.05) is 18.5 Å². The molecule has 1 aliphatic rings. The normalized spacial score (nSPS) is 22.4. The van der Waals surface area contributed by atoms with Gasteiger partial charge in [0, 0.05) is 0 Å². The van der Waals surface area contributed by atoms with Crippen LogP contribution in [0.4, 0.5) is 10.1 Å². The third kappa shape index (κ3) is 2.41. The molecule has 0 aliphatic carbocycles. The van der Waals surface area contributed by atoms with E-state index in [1.807, 2.05) is 6.07 Å². The van der Waals surface area contributed by atoms with E-state index in [0.717, 1.165) is 6.07 Å². The summed E-state index contributed by atoms with van der Waals surface area (Å²) in [6.07, 6.45) is 0. The maximum absolute atomic E-state index is 13.0. The van der Waals surface area contributed by atoms with E-state index in [1.165, 1.54) is 12.1 Å². The monoisotopic (exact) mass is 250 g/mol. The first kappa shape index (κ1) is 12.3. The number of benzene rings is 1. The van der Waals surface area contributed by atoms with Crippen LogP contribution >= 0.6 is 0 Å². The van der Waals surface area contributed by atoms with Gasteiger partial charge in [0.15, 0.2) is 0 Å². The first-order valence-corrected chi connectivity index (χ1v) is 5.38. The third-order valence-electron chi connectivity index (χ3n) is 2.84. The van der Waals surface area contributed by atoms with Crippen LogP contribution in [-0.2, 0) is 9.53 Å². The Labute approximate surface area is 103 Å². The van der Waals surface area contributed by atoms with Gasteiger partial charge in [-0.15, -0.1) is 0 Å². The van der Waals surface area contributed by atoms with E-state index < -0.39 is 23.7 Å². The predicted octanol–water partition coefficient (Wildman–Crippen LogP) is 1.21. The minimum absolute atomic E-state index is 0.135. The number of halogens is 1. The van der Waals surface area contributed by atoms with Crippen molar-refractivity contribution in [1.29, 1.82) is 5.26 Å². The number of rotatable bonds is 3. The molecule has 2 atom stereocenters. The van der Waals surface area contributed by atoms with Gasteiger partial charge in [-0.2, -0.15) is 5.26 Å². The van der Waals surface area contributed by atoms with E-state index in [9.17, 15) is 9.18 Å². The zero-order valence-corrected chi connectivity index (χ0v) is 9.39. The SMILES string of the molecule is N#Cc1cc(F)ccc1NC1COCC1C(=O)O. The molecule has 2 unspecified atom stereocenters. The smallest absolute Gasteiger partial charge is 0.311 e. The van der Waals surface area contributed by atoms with Crippen molar-refractivity contribution in [2.24, 2.45) is 5.92 Å². The van der Waals surface area contributed by atoms with Gasteiger partial charge in [-0.05, 0) is 18.2 Å². The van der Waals surface area contributed by atoms with Gasteiger partial charge in [0.05, 0.1) is 30.5 Å². The number of anilines is 1. The van der Waals surface area contributed by atoms with Crippen molar-refractivity contribution >= 4 is 11.7 Å². The fraction of sp³-hybridized carbons (Fsp3) is 0.333. The summed E-state index contributed by atoms with van der Waals surface area (Å²) in [5.41, 5.74) is 0.562. The zero-order chi connectivity index (χ0) is 13.1. The second-order valence-corrected chi connectivity index (χ2v) is 4.03. The Hall–Kier alpha value is -2.13. The second-order valence-electron chi connectivity index (χ2n) is 4.03. The summed E-state index contributed by atoms with van der Waals surface area (Å²) >= 11 is 0. The molecule has 6 heteroatoms. The van der Waals surface area contributed by atoms with Crippen LogP contribution in [-0.4, -0.2) is 30.3 Å². The summed E-state index contributed by atoms with van der Waals surface area (Å²) in [6.45, 7) is 0.384. The molecule has 1 aromatic carbocycles. The van der Waals surface area contributed by atoms with E-state index >= 15 is 0 Å². The average molecular weight is 250 g/mol. The van der Waals surface area contributed by atoms with E-state index in [0.29, 0.717) is 5.69 Å². The lowest BCUT2D eigenvalue weighted by atomic mass is 10.0. The molecule has 0 bridgehead atoms. The van der Waals surface area contributed by atoms with Crippen LogP contribution in [0.5, 0.6) is 0 Å². The predicted molar refractivity (Wildman–Crippen MR) is 60.5 cm³/mol. The van der Waals surface area contributed by atoms with Crippen LogP contribution in [0, 0.1) is 23.1 Å². The van der Waals surface area contributed by atoms with Crippen LogP contribution < -0.4 is 5.32 Å². The molecule has 0 radical (unpaired) electrons. The molecule has 18 heavy (non-hydrogen) atoms. The quantitative estimate of drug-likeness (QED) is 0.842. The van der Waals surface area contributed by atoms with Crippen molar-refractivity contribution < 1.29 is 19.0 Å². The summed E-state index contributed by atoms with van der Waals surface area (Å²) in [5.74, 6) is -2.12. The number of aliphatic carboxylic acids is 1. The maximum atomic E-state index is 13.0. The number of nitrogens with zero attached hydrogens (tertiary/aromatic N) is 1. The molecule has 1 fully saturated rings. The fourth-order valence-corrected chi connectivity index (χ4v) is 1.87. The molecule has 0 aromatic heterocycles. The Kier molecular flexibility index (Phi) is 3.44. The highest BCUT2D eigenvalue weighted by atomic mass is 19.1. The van der Waals surface area contributed by atoms with Gasteiger partial charge in [0.25, 0.3) is 0 Å². The van der Waals surface area contributed by atoms with Crippen LogP contribution in [0.3, 0.4) is 0 Å². The Balaban J connectivity index is 2.19. The molecule has 94 valence electrons. The van der Waals surface area contributed by atoms with Gasteiger partial charge in [0.1, 0.15) is 17.8 Å². The number of carboxylic acids is 1. The molecule has 2 N–H and O–H groups in total. The number of carbonyl (C=O) groups is 1. The maximum Gasteiger partial charge on any atom is 0.311 e. The summed E-state index contributed by atoms with van der Waals surface area (Å²) in [7, 11) is 0. The van der Waals surface area contributed by atoms with Crippen molar-refractivity contribution in [1.82, 2.24) is 0 Å². The Morgan fingerprint density at radius 2 is 2.33 bits per heavy atom. The van der Waals surface area contributed by atoms with Gasteiger partial charge >= 0.3 is 5.97 Å². The van der Waals surface area contributed by atoms with Crippen molar-refractivity contribution in [3.05, 3.63) is 29.6 Å². The lowest BCUT2D eigenvalue weighted by Crippen LogP contribution is -2.33. The highest BCUT2D eigenvalue weighted by Crippen LogP contribution is 2.22. The van der Waals surface area contributed by atoms with Crippen molar-refractivity contribution in [2.45, 2.75) is 6.04 Å². The highest BCUT2D eigenvalue weighted by molar-refractivity contribution is 5.72. The topological polar surface area (TPSA) is 82.3 Å². The summed E-state index contributed by atoms with van der Waals surface area (Å²) in [5, 5.41) is 20.8. The highest BCUT2D eigenvalue weighted by Gasteiger charge is 2.34. The largest absolute Gasteiger partial charge is 0.481 e. The molecule has 2 rings (SSSR count). The molecule has 0 spiro atoms. The molecule has 0 saturated carbocycles. The summed E-state index contributed by atoms with van der Waals surface area (Å²) in [4.78, 5) is 11.0. The number of nitriles is 1. The minimum atomic E-state index is -0.953. The van der Waals surface area contributed by atoms with Crippen LogP contribution in [0.2, 0.25) is 0 Å². The third-order valence-corrected chi connectivity index (χ3v) is 2.84. The van der Waals surface area contributed by atoms with Crippen molar-refractivity contribution in [3.63, 3.8) is 0 Å². The Morgan fingerprint density at radius 3 is 3.00 bits per heavy atom. The molecular weight excluding hydrogens is 239 g/mol. The fourth-order valence-electron chi connectivity index (χ4n) is 1.87. The van der Waals surface area contributed by atoms with Crippen molar-refractivity contribution in [3.8, 4) is 6.07 Å². The lowest BCUT2D eigenvalue weighted by molar-refractivity contribution is -0.141. The molecule has 5 nitrogen and oxygen atoms in total. The first-order valence-electron chi connectivity index (χ1n) is 5.38. The summed E-state index contributed by atoms with van der Waals surface area (Å²) in [6, 6.07) is 5.19. The average Bonchev–Trinajstić information content (AvgIpc) is 2.79. The molecule has 1 aromatic rings. The lowest BCUT2D eigenvalue weighted by Gasteiger charge is -2.17. The van der Waals surface area contributed by atoms with Gasteiger partial charge in [-0.1, -0.05) is 0 Å². The molecule has 1 heterocycles. The number of carboxylic acid groups (broad SMARTS) is 1. The second kappa shape index (κ2) is 5.02. The summed E-state index contributed by atoms with van der Waals surface area (Å²) < 4.78 is 18.1. The Bertz CT molecular complexity index is 513.